The van der Waals surface area contributed by atoms with Crippen LogP contribution in [-0.2, 0) is 20.7 Å². The first-order valence-corrected chi connectivity index (χ1v) is 9.03. The lowest BCUT2D eigenvalue weighted by Crippen LogP contribution is -2.30. The topological polar surface area (TPSA) is 116 Å². The van der Waals surface area contributed by atoms with E-state index in [9.17, 15) is 14.4 Å². The van der Waals surface area contributed by atoms with Crippen LogP contribution in [0.1, 0.15) is 41.2 Å². The van der Waals surface area contributed by atoms with Crippen LogP contribution in [0.15, 0.2) is 30.6 Å². The van der Waals surface area contributed by atoms with Gasteiger partial charge in [0, 0.05) is 28.2 Å². The van der Waals surface area contributed by atoms with Crippen LogP contribution in [0.4, 0.5) is 5.69 Å². The van der Waals surface area contributed by atoms with E-state index in [2.05, 4.69) is 20.4 Å². The summed E-state index contributed by atoms with van der Waals surface area (Å²) in [7, 11) is 0. The molecule has 0 fully saturated rings. The number of benzene rings is 1. The van der Waals surface area contributed by atoms with Crippen molar-refractivity contribution in [1.29, 1.82) is 0 Å². The van der Waals surface area contributed by atoms with Gasteiger partial charge in [0.25, 0.3) is 11.7 Å². The molecule has 1 atom stereocenters. The first kappa shape index (κ1) is 20.1. The summed E-state index contributed by atoms with van der Waals surface area (Å²) < 4.78 is 6.83. The number of hydrogen-bond donors (Lipinski definition) is 1. The van der Waals surface area contributed by atoms with Gasteiger partial charge in [0.2, 0.25) is 0 Å². The zero-order valence-corrected chi connectivity index (χ0v) is 16.6. The quantitative estimate of drug-likeness (QED) is 0.502. The molecule has 0 saturated heterocycles. The van der Waals surface area contributed by atoms with Crippen molar-refractivity contribution in [3.63, 3.8) is 0 Å². The Balaban J connectivity index is 1.63. The van der Waals surface area contributed by atoms with Crippen LogP contribution in [0.3, 0.4) is 0 Å². The lowest BCUT2D eigenvalue weighted by atomic mass is 10.1. The standard InChI is InChI=1S/C20H21N5O4/c1-11-17(12(2)25-20(23-11)21-10-22-25)9-18(27)29-14(4)19(28)24-16-7-5-15(6-8-16)13(3)26/h5-8,10,14H,9H2,1-4H3,(H,24,28)/t14-/m0/s1. The third kappa shape index (κ3) is 4.45. The molecule has 9 heteroatoms. The molecule has 3 rings (SSSR count). The number of Topliss-reactive ketones (excluding diaryl/α,β-unsaturated/α-hetero) is 1. The van der Waals surface area contributed by atoms with E-state index in [0.29, 0.717) is 28.3 Å². The van der Waals surface area contributed by atoms with E-state index in [1.807, 2.05) is 6.92 Å². The lowest BCUT2D eigenvalue weighted by molar-refractivity contribution is -0.152. The minimum Gasteiger partial charge on any atom is -0.452 e. The van der Waals surface area contributed by atoms with Crippen LogP contribution in [0.25, 0.3) is 5.78 Å². The van der Waals surface area contributed by atoms with Gasteiger partial charge in [-0.25, -0.2) is 9.50 Å². The summed E-state index contributed by atoms with van der Waals surface area (Å²) in [5, 5.41) is 6.74. The summed E-state index contributed by atoms with van der Waals surface area (Å²) in [6.45, 7) is 6.56. The normalized spacial score (nSPS) is 11.9. The molecular weight excluding hydrogens is 374 g/mol. The highest BCUT2D eigenvalue weighted by Crippen LogP contribution is 2.15. The largest absolute Gasteiger partial charge is 0.452 e. The Morgan fingerprint density at radius 3 is 2.52 bits per heavy atom. The molecule has 2 heterocycles. The van der Waals surface area contributed by atoms with E-state index in [1.165, 1.54) is 20.2 Å². The zero-order chi connectivity index (χ0) is 21.1. The second-order valence-corrected chi connectivity index (χ2v) is 6.66. The number of fused-ring (bicyclic) bond motifs is 1. The molecule has 150 valence electrons. The molecule has 0 saturated carbocycles. The van der Waals surface area contributed by atoms with E-state index in [-0.39, 0.29) is 12.2 Å². The summed E-state index contributed by atoms with van der Waals surface area (Å²) in [5.41, 5.74) is 3.13. The number of hydrogen-bond acceptors (Lipinski definition) is 7. The maximum Gasteiger partial charge on any atom is 0.311 e. The van der Waals surface area contributed by atoms with Crippen LogP contribution < -0.4 is 5.32 Å². The van der Waals surface area contributed by atoms with Crippen molar-refractivity contribution in [2.45, 2.75) is 40.2 Å². The molecule has 0 aliphatic carbocycles. The number of anilines is 1. The van der Waals surface area contributed by atoms with Gasteiger partial charge in [-0.1, -0.05) is 0 Å². The number of amides is 1. The van der Waals surface area contributed by atoms with Crippen LogP contribution in [-0.4, -0.2) is 43.3 Å². The molecule has 0 aliphatic rings. The number of nitrogens with one attached hydrogen (secondary N) is 1. The van der Waals surface area contributed by atoms with Gasteiger partial charge in [0.05, 0.1) is 6.42 Å². The van der Waals surface area contributed by atoms with Crippen LogP contribution in [0, 0.1) is 13.8 Å². The van der Waals surface area contributed by atoms with E-state index >= 15 is 0 Å². The number of carbonyl (C=O) groups is 3. The molecule has 1 amide bonds. The van der Waals surface area contributed by atoms with Crippen LogP contribution in [0.2, 0.25) is 0 Å². The van der Waals surface area contributed by atoms with Crippen molar-refractivity contribution >= 4 is 29.1 Å². The fraction of sp³-hybridized carbons (Fsp3) is 0.300. The lowest BCUT2D eigenvalue weighted by Gasteiger charge is -2.15. The van der Waals surface area contributed by atoms with E-state index < -0.39 is 18.0 Å². The number of rotatable bonds is 6. The average molecular weight is 395 g/mol. The predicted molar refractivity (Wildman–Crippen MR) is 105 cm³/mol. The Labute approximate surface area is 167 Å². The highest BCUT2D eigenvalue weighted by atomic mass is 16.5. The summed E-state index contributed by atoms with van der Waals surface area (Å²) in [6, 6.07) is 6.48. The Bertz CT molecular complexity index is 1090. The molecule has 9 nitrogen and oxygen atoms in total. The van der Waals surface area contributed by atoms with Gasteiger partial charge >= 0.3 is 5.97 Å². The predicted octanol–water partition coefficient (Wildman–Crippen LogP) is 2.06. The fourth-order valence-corrected chi connectivity index (χ4v) is 2.88. The monoisotopic (exact) mass is 395 g/mol. The molecule has 29 heavy (non-hydrogen) atoms. The fourth-order valence-electron chi connectivity index (χ4n) is 2.88. The second kappa shape index (κ2) is 8.17. The Morgan fingerprint density at radius 1 is 1.17 bits per heavy atom. The minimum absolute atomic E-state index is 0.0363. The number of aromatic nitrogens is 4. The number of ether oxygens (including phenoxy) is 1. The Morgan fingerprint density at radius 2 is 1.86 bits per heavy atom. The maximum atomic E-state index is 12.4. The van der Waals surface area contributed by atoms with Gasteiger partial charge in [0.1, 0.15) is 6.33 Å². The first-order chi connectivity index (χ1) is 13.8. The molecule has 0 radical (unpaired) electrons. The number of carbonyl (C=O) groups excluding carboxylic acids is 3. The molecule has 0 unspecified atom stereocenters. The van der Waals surface area contributed by atoms with Crippen molar-refractivity contribution in [2.24, 2.45) is 0 Å². The number of esters is 1. The highest BCUT2D eigenvalue weighted by molar-refractivity contribution is 5.97. The van der Waals surface area contributed by atoms with Crippen LogP contribution >= 0.6 is 0 Å². The van der Waals surface area contributed by atoms with Crippen molar-refractivity contribution in [2.75, 3.05) is 5.32 Å². The Hall–Kier alpha value is -3.62. The van der Waals surface area contributed by atoms with Crippen molar-refractivity contribution in [1.82, 2.24) is 19.6 Å². The molecule has 1 aromatic carbocycles. The summed E-state index contributed by atoms with van der Waals surface area (Å²) in [5.74, 6) is -0.616. The van der Waals surface area contributed by atoms with E-state index in [1.54, 1.807) is 35.7 Å². The molecule has 1 N–H and O–H groups in total. The molecule has 2 aromatic heterocycles. The summed E-state index contributed by atoms with van der Waals surface area (Å²) >= 11 is 0. The van der Waals surface area contributed by atoms with Gasteiger partial charge in [-0.15, -0.1) is 0 Å². The number of nitrogens with zero attached hydrogens (tertiary/aromatic N) is 4. The summed E-state index contributed by atoms with van der Waals surface area (Å²) in [6.07, 6.45) is 0.371. The zero-order valence-electron chi connectivity index (χ0n) is 16.6. The molecule has 0 bridgehead atoms. The van der Waals surface area contributed by atoms with Gasteiger partial charge in [-0.05, 0) is 52.0 Å². The third-order valence-electron chi connectivity index (χ3n) is 4.55. The van der Waals surface area contributed by atoms with E-state index in [4.69, 9.17) is 4.74 Å². The first-order valence-electron chi connectivity index (χ1n) is 9.03. The molecule has 0 spiro atoms. The van der Waals surface area contributed by atoms with Gasteiger partial charge in [-0.3, -0.25) is 14.4 Å². The van der Waals surface area contributed by atoms with Crippen molar-refractivity contribution < 1.29 is 19.1 Å². The SMILES string of the molecule is CC(=O)c1ccc(NC(=O)[C@H](C)OC(=O)Cc2c(C)nc3ncnn3c2C)cc1. The smallest absolute Gasteiger partial charge is 0.311 e. The molecule has 3 aromatic rings. The number of aryl methyl sites for hydroxylation is 2. The minimum atomic E-state index is -0.987. The average Bonchev–Trinajstić information content (AvgIpc) is 3.14. The third-order valence-corrected chi connectivity index (χ3v) is 4.55. The molecular formula is C20H21N5O4. The van der Waals surface area contributed by atoms with Crippen molar-refractivity contribution in [3.05, 3.63) is 53.1 Å². The summed E-state index contributed by atoms with van der Waals surface area (Å²) in [4.78, 5) is 44.3. The Kier molecular flexibility index (Phi) is 5.67. The van der Waals surface area contributed by atoms with E-state index in [0.717, 1.165) is 5.69 Å². The number of ketones is 1. The highest BCUT2D eigenvalue weighted by Gasteiger charge is 2.21. The maximum absolute atomic E-state index is 12.4. The van der Waals surface area contributed by atoms with Gasteiger partial charge in [-0.2, -0.15) is 10.1 Å². The van der Waals surface area contributed by atoms with Gasteiger partial charge in [0.15, 0.2) is 11.9 Å². The van der Waals surface area contributed by atoms with Crippen LogP contribution in [0.5, 0.6) is 0 Å². The van der Waals surface area contributed by atoms with Gasteiger partial charge < -0.3 is 10.1 Å². The second-order valence-electron chi connectivity index (χ2n) is 6.66. The molecule has 0 aliphatic heterocycles. The van der Waals surface area contributed by atoms with Crippen molar-refractivity contribution in [3.8, 4) is 0 Å².